The quantitative estimate of drug-likeness (QED) is 0.533. The zero-order valence-electron chi connectivity index (χ0n) is 12.8. The summed E-state index contributed by atoms with van der Waals surface area (Å²) >= 11 is 7.51. The number of ether oxygens (including phenoxy) is 2. The first-order chi connectivity index (χ1) is 12.3. The Morgan fingerprint density at radius 2 is 1.96 bits per heavy atom. The van der Waals surface area contributed by atoms with Crippen molar-refractivity contribution in [2.75, 3.05) is 6.61 Å². The van der Waals surface area contributed by atoms with Gasteiger partial charge in [0, 0.05) is 10.6 Å². The summed E-state index contributed by atoms with van der Waals surface area (Å²) < 4.78 is 13.5. The highest BCUT2D eigenvalue weighted by Crippen LogP contribution is 2.37. The van der Waals surface area contributed by atoms with Crippen molar-refractivity contribution in [2.45, 2.75) is 6.10 Å². The molecule has 0 spiro atoms. The molecular weight excluding hydrogens is 360 g/mol. The average molecular weight is 371 g/mol. The number of hydrogen-bond acceptors (Lipinski definition) is 6. The van der Waals surface area contributed by atoms with Crippen LogP contribution in [-0.2, 0) is 0 Å². The molecule has 8 heteroatoms. The Balaban J connectivity index is 1.52. The SMILES string of the molecule is Clc1cccc(-c2nnc3sc([C@@H]4COc5ccccc5O4)nn23)c1. The number of nitrogens with zero attached hydrogens (tertiary/aromatic N) is 4. The second kappa shape index (κ2) is 5.72. The van der Waals surface area contributed by atoms with Gasteiger partial charge in [-0.2, -0.15) is 9.61 Å². The third kappa shape index (κ3) is 2.52. The maximum atomic E-state index is 6.08. The summed E-state index contributed by atoms with van der Waals surface area (Å²) in [5.41, 5.74) is 0.864. The number of fused-ring (bicyclic) bond motifs is 2. The Kier molecular flexibility index (Phi) is 3.36. The van der Waals surface area contributed by atoms with Gasteiger partial charge in [0.05, 0.1) is 0 Å². The molecule has 6 nitrogen and oxygen atoms in total. The minimum absolute atomic E-state index is 0.270. The topological polar surface area (TPSA) is 61.5 Å². The van der Waals surface area contributed by atoms with Gasteiger partial charge >= 0.3 is 0 Å². The van der Waals surface area contributed by atoms with Gasteiger partial charge < -0.3 is 9.47 Å². The van der Waals surface area contributed by atoms with E-state index in [9.17, 15) is 0 Å². The van der Waals surface area contributed by atoms with Crippen molar-refractivity contribution in [3.63, 3.8) is 0 Å². The molecule has 0 bridgehead atoms. The molecule has 2 aromatic heterocycles. The molecule has 0 radical (unpaired) electrons. The van der Waals surface area contributed by atoms with Crippen LogP contribution in [0.25, 0.3) is 16.3 Å². The molecule has 3 heterocycles. The highest BCUT2D eigenvalue weighted by Gasteiger charge is 2.27. The predicted octanol–water partition coefficient (Wildman–Crippen LogP) is 4.02. The lowest BCUT2D eigenvalue weighted by atomic mass is 10.2. The van der Waals surface area contributed by atoms with Crippen molar-refractivity contribution in [3.05, 3.63) is 58.6 Å². The van der Waals surface area contributed by atoms with Crippen LogP contribution in [0.4, 0.5) is 0 Å². The van der Waals surface area contributed by atoms with Crippen LogP contribution >= 0.6 is 22.9 Å². The molecule has 1 atom stereocenters. The number of halogens is 1. The summed E-state index contributed by atoms with van der Waals surface area (Å²) in [4.78, 5) is 0.701. The summed E-state index contributed by atoms with van der Waals surface area (Å²) in [6.07, 6.45) is -0.270. The molecule has 0 amide bonds. The fourth-order valence-corrected chi connectivity index (χ4v) is 3.75. The molecule has 1 aliphatic heterocycles. The first-order valence-electron chi connectivity index (χ1n) is 7.64. The van der Waals surface area contributed by atoms with Crippen molar-refractivity contribution < 1.29 is 9.47 Å². The Bertz CT molecular complexity index is 1080. The highest BCUT2D eigenvalue weighted by molar-refractivity contribution is 7.16. The Morgan fingerprint density at radius 3 is 2.84 bits per heavy atom. The first kappa shape index (κ1) is 14.7. The molecule has 1 aliphatic rings. The molecule has 0 fully saturated rings. The molecule has 124 valence electrons. The van der Waals surface area contributed by atoms with Crippen LogP contribution in [0.2, 0.25) is 5.02 Å². The minimum Gasteiger partial charge on any atom is -0.485 e. The van der Waals surface area contributed by atoms with Crippen molar-refractivity contribution in [3.8, 4) is 22.9 Å². The molecule has 5 rings (SSSR count). The van der Waals surface area contributed by atoms with Gasteiger partial charge in [-0.05, 0) is 24.3 Å². The van der Waals surface area contributed by atoms with Gasteiger partial charge in [-0.3, -0.25) is 0 Å². The molecule has 0 unspecified atom stereocenters. The molecule has 4 aromatic rings. The lowest BCUT2D eigenvalue weighted by molar-refractivity contribution is 0.0904. The van der Waals surface area contributed by atoms with Crippen molar-refractivity contribution in [1.29, 1.82) is 0 Å². The third-order valence-corrected chi connectivity index (χ3v) is 5.10. The Labute approximate surface area is 151 Å². The summed E-state index contributed by atoms with van der Waals surface area (Å²) in [6, 6.07) is 15.1. The first-order valence-corrected chi connectivity index (χ1v) is 8.84. The molecule has 25 heavy (non-hydrogen) atoms. The summed E-state index contributed by atoms with van der Waals surface area (Å²) in [5, 5.41) is 14.5. The predicted molar refractivity (Wildman–Crippen MR) is 94.4 cm³/mol. The van der Waals surface area contributed by atoms with Gasteiger partial charge in [0.1, 0.15) is 6.61 Å². The summed E-state index contributed by atoms with van der Waals surface area (Å²) in [6.45, 7) is 0.410. The van der Waals surface area contributed by atoms with Crippen molar-refractivity contribution in [1.82, 2.24) is 19.8 Å². The van der Waals surface area contributed by atoms with E-state index < -0.39 is 0 Å². The maximum absolute atomic E-state index is 6.08. The van der Waals surface area contributed by atoms with Crippen LogP contribution in [0.15, 0.2) is 48.5 Å². The number of para-hydroxylation sites is 2. The van der Waals surface area contributed by atoms with E-state index in [1.54, 1.807) is 4.52 Å². The fourth-order valence-electron chi connectivity index (χ4n) is 2.71. The smallest absolute Gasteiger partial charge is 0.235 e. The van der Waals surface area contributed by atoms with Gasteiger partial charge in [-0.25, -0.2) is 0 Å². The lowest BCUT2D eigenvalue weighted by Gasteiger charge is -2.24. The number of hydrogen-bond donors (Lipinski definition) is 0. The van der Waals surface area contributed by atoms with Gasteiger partial charge in [0.2, 0.25) is 4.96 Å². The second-order valence-corrected chi connectivity index (χ2v) is 6.96. The van der Waals surface area contributed by atoms with E-state index in [-0.39, 0.29) is 6.10 Å². The van der Waals surface area contributed by atoms with Crippen molar-refractivity contribution >= 4 is 27.9 Å². The average Bonchev–Trinajstić information content (AvgIpc) is 3.22. The zero-order chi connectivity index (χ0) is 16.8. The van der Waals surface area contributed by atoms with Gasteiger partial charge in [0.25, 0.3) is 0 Å². The van der Waals surface area contributed by atoms with Crippen LogP contribution in [0.3, 0.4) is 0 Å². The van der Waals surface area contributed by atoms with Gasteiger partial charge in [0.15, 0.2) is 28.4 Å². The molecule has 2 aromatic carbocycles. The normalized spacial score (nSPS) is 16.3. The maximum Gasteiger partial charge on any atom is 0.235 e. The molecule has 0 saturated heterocycles. The van der Waals surface area contributed by atoms with Crippen LogP contribution in [-0.4, -0.2) is 26.4 Å². The Morgan fingerprint density at radius 1 is 1.08 bits per heavy atom. The number of rotatable bonds is 2. The van der Waals surface area contributed by atoms with E-state index in [1.165, 1.54) is 11.3 Å². The van der Waals surface area contributed by atoms with Crippen molar-refractivity contribution in [2.24, 2.45) is 0 Å². The van der Waals surface area contributed by atoms with E-state index in [0.29, 0.717) is 22.4 Å². The number of benzene rings is 2. The van der Waals surface area contributed by atoms with Crippen LogP contribution < -0.4 is 9.47 Å². The van der Waals surface area contributed by atoms with Crippen LogP contribution in [0.5, 0.6) is 11.5 Å². The summed E-state index contributed by atoms with van der Waals surface area (Å²) in [7, 11) is 0. The standard InChI is InChI=1S/C17H11ClN4O2S/c18-11-5-3-4-10(8-11)15-19-20-17-22(15)21-16(25-17)14-9-23-12-6-1-2-7-13(12)24-14/h1-8,14H,9H2/t14-/m0/s1. The second-order valence-electron chi connectivity index (χ2n) is 5.53. The minimum atomic E-state index is -0.270. The molecule has 0 N–H and O–H groups in total. The number of aromatic nitrogens is 4. The molecule has 0 saturated carbocycles. The van der Waals surface area contributed by atoms with Gasteiger partial charge in [-0.1, -0.05) is 47.2 Å². The van der Waals surface area contributed by atoms with E-state index in [2.05, 4.69) is 15.3 Å². The Hall–Kier alpha value is -2.64. The zero-order valence-corrected chi connectivity index (χ0v) is 14.4. The largest absolute Gasteiger partial charge is 0.485 e. The van der Waals surface area contributed by atoms with E-state index in [0.717, 1.165) is 22.1 Å². The van der Waals surface area contributed by atoms with Gasteiger partial charge in [-0.15, -0.1) is 10.2 Å². The van der Waals surface area contributed by atoms with E-state index in [1.807, 2.05) is 48.5 Å². The molecule has 0 aliphatic carbocycles. The third-order valence-electron chi connectivity index (χ3n) is 3.87. The summed E-state index contributed by atoms with van der Waals surface area (Å²) in [5.74, 6) is 2.12. The highest BCUT2D eigenvalue weighted by atomic mass is 35.5. The molecular formula is C17H11ClN4O2S. The lowest BCUT2D eigenvalue weighted by Crippen LogP contribution is -2.21. The van der Waals surface area contributed by atoms with E-state index >= 15 is 0 Å². The van der Waals surface area contributed by atoms with Crippen LogP contribution in [0, 0.1) is 0 Å². The fraction of sp³-hybridized carbons (Fsp3) is 0.118. The van der Waals surface area contributed by atoms with Crippen LogP contribution in [0.1, 0.15) is 11.1 Å². The monoisotopic (exact) mass is 370 g/mol. The van der Waals surface area contributed by atoms with E-state index in [4.69, 9.17) is 21.1 Å².